The van der Waals surface area contributed by atoms with E-state index in [0.717, 1.165) is 16.2 Å². The number of nitrogens with zero attached hydrogens (tertiary/aromatic N) is 1. The maximum absolute atomic E-state index is 13.0. The van der Waals surface area contributed by atoms with Crippen LogP contribution in [-0.4, -0.2) is 41.7 Å². The van der Waals surface area contributed by atoms with Gasteiger partial charge in [-0.3, -0.25) is 4.79 Å². The molecule has 0 spiro atoms. The number of amides is 1. The van der Waals surface area contributed by atoms with E-state index in [2.05, 4.69) is 5.32 Å². The van der Waals surface area contributed by atoms with E-state index >= 15 is 0 Å². The van der Waals surface area contributed by atoms with Crippen molar-refractivity contribution in [1.82, 2.24) is 10.2 Å². The summed E-state index contributed by atoms with van der Waals surface area (Å²) >= 11 is 0. The molecule has 0 aliphatic carbocycles. The average molecular weight is 358 g/mol. The zero-order valence-electron chi connectivity index (χ0n) is 14.8. The van der Waals surface area contributed by atoms with E-state index in [1.807, 2.05) is 38.1 Å². The highest BCUT2D eigenvalue weighted by Crippen LogP contribution is 2.32. The molecule has 140 valence electrons. The van der Waals surface area contributed by atoms with Gasteiger partial charge in [0.05, 0.1) is 6.10 Å². The van der Waals surface area contributed by atoms with Crippen LogP contribution in [0.25, 0.3) is 0 Å². The molecule has 1 aromatic carbocycles. The fraction of sp³-hybridized carbons (Fsp3) is 0.611. The van der Waals surface area contributed by atoms with E-state index < -0.39 is 18.1 Å². The van der Waals surface area contributed by atoms with Gasteiger partial charge in [0.15, 0.2) is 0 Å². The summed E-state index contributed by atoms with van der Waals surface area (Å²) in [7, 11) is 0. The molecule has 0 bridgehead atoms. The molecule has 1 saturated heterocycles. The predicted octanol–water partition coefficient (Wildman–Crippen LogP) is 3.51. The summed E-state index contributed by atoms with van der Waals surface area (Å²) in [5, 5.41) is 3.26. The van der Waals surface area contributed by atoms with Gasteiger partial charge in [-0.05, 0) is 44.4 Å². The van der Waals surface area contributed by atoms with Crippen LogP contribution < -0.4 is 10.1 Å². The lowest BCUT2D eigenvalue weighted by molar-refractivity contribution is -0.196. The molecule has 1 aliphatic heterocycles. The molecule has 1 amide bonds. The fourth-order valence-electron chi connectivity index (χ4n) is 3.09. The maximum atomic E-state index is 13.0. The van der Waals surface area contributed by atoms with Crippen molar-refractivity contribution >= 4 is 5.91 Å². The van der Waals surface area contributed by atoms with E-state index in [1.54, 1.807) is 0 Å². The van der Waals surface area contributed by atoms with Gasteiger partial charge in [0.1, 0.15) is 11.8 Å². The fourth-order valence-corrected chi connectivity index (χ4v) is 3.09. The first-order valence-corrected chi connectivity index (χ1v) is 8.49. The first-order chi connectivity index (χ1) is 11.7. The van der Waals surface area contributed by atoms with E-state index in [1.165, 1.54) is 6.92 Å². The van der Waals surface area contributed by atoms with Crippen LogP contribution in [0.5, 0.6) is 5.75 Å². The molecule has 2 rings (SSSR count). The number of halogens is 3. The molecule has 1 aliphatic rings. The Kier molecular flexibility index (Phi) is 6.32. The van der Waals surface area contributed by atoms with Gasteiger partial charge in [0.2, 0.25) is 5.91 Å². The standard InChI is InChI=1S/C18H25F3N2O2/c1-12(2)25-16-6-4-5-14(9-16)10-22-15-7-8-17(18(19,20)21)23(11-15)13(3)24/h4-6,9,12,15,17,22H,7-8,10-11H2,1-3H3. The number of hydrogen-bond acceptors (Lipinski definition) is 3. The predicted molar refractivity (Wildman–Crippen MR) is 89.3 cm³/mol. The highest BCUT2D eigenvalue weighted by atomic mass is 19.4. The molecular weight excluding hydrogens is 333 g/mol. The number of benzene rings is 1. The number of ether oxygens (including phenoxy) is 1. The van der Waals surface area contributed by atoms with Gasteiger partial charge in [-0.2, -0.15) is 13.2 Å². The van der Waals surface area contributed by atoms with Gasteiger partial charge >= 0.3 is 6.18 Å². The Balaban J connectivity index is 1.95. The molecule has 2 atom stereocenters. The molecule has 4 nitrogen and oxygen atoms in total. The van der Waals surface area contributed by atoms with Crippen LogP contribution in [-0.2, 0) is 11.3 Å². The smallest absolute Gasteiger partial charge is 0.408 e. The highest BCUT2D eigenvalue weighted by molar-refractivity contribution is 5.74. The van der Waals surface area contributed by atoms with Crippen molar-refractivity contribution < 1.29 is 22.7 Å². The Bertz CT molecular complexity index is 590. The van der Waals surface area contributed by atoms with Crippen molar-refractivity contribution in [2.75, 3.05) is 6.54 Å². The monoisotopic (exact) mass is 358 g/mol. The third-order valence-corrected chi connectivity index (χ3v) is 4.23. The summed E-state index contributed by atoms with van der Waals surface area (Å²) in [6.45, 7) is 5.67. The van der Waals surface area contributed by atoms with Crippen molar-refractivity contribution in [2.45, 2.75) is 64.5 Å². The Hall–Kier alpha value is -1.76. The molecule has 2 unspecified atom stereocenters. The molecule has 0 radical (unpaired) electrons. The minimum atomic E-state index is -4.38. The van der Waals surface area contributed by atoms with Gasteiger partial charge in [-0.15, -0.1) is 0 Å². The number of piperidine rings is 1. The number of carbonyl (C=O) groups is 1. The molecule has 25 heavy (non-hydrogen) atoms. The lowest BCUT2D eigenvalue weighted by Gasteiger charge is -2.40. The average Bonchev–Trinajstić information content (AvgIpc) is 2.51. The van der Waals surface area contributed by atoms with Crippen LogP contribution in [0.15, 0.2) is 24.3 Å². The maximum Gasteiger partial charge on any atom is 0.408 e. The van der Waals surface area contributed by atoms with Crippen LogP contribution in [0.1, 0.15) is 39.2 Å². The first kappa shape index (κ1) is 19.6. The summed E-state index contributed by atoms with van der Waals surface area (Å²) in [5.41, 5.74) is 0.991. The molecule has 1 fully saturated rings. The van der Waals surface area contributed by atoms with E-state index in [9.17, 15) is 18.0 Å². The summed E-state index contributed by atoms with van der Waals surface area (Å²) in [4.78, 5) is 12.5. The Morgan fingerprint density at radius 1 is 1.36 bits per heavy atom. The number of carbonyl (C=O) groups excluding carboxylic acids is 1. The van der Waals surface area contributed by atoms with E-state index in [0.29, 0.717) is 13.0 Å². The minimum absolute atomic E-state index is 0.0711. The van der Waals surface area contributed by atoms with Crippen molar-refractivity contribution in [3.8, 4) is 5.75 Å². The first-order valence-electron chi connectivity index (χ1n) is 8.49. The second-order valence-electron chi connectivity index (χ2n) is 6.70. The molecule has 0 saturated carbocycles. The van der Waals surface area contributed by atoms with Crippen LogP contribution >= 0.6 is 0 Å². The van der Waals surface area contributed by atoms with Gasteiger partial charge in [0, 0.05) is 26.1 Å². The summed E-state index contributed by atoms with van der Waals surface area (Å²) < 4.78 is 44.8. The van der Waals surface area contributed by atoms with Gasteiger partial charge in [0.25, 0.3) is 0 Å². The van der Waals surface area contributed by atoms with Crippen LogP contribution in [0.2, 0.25) is 0 Å². The number of alkyl halides is 3. The van der Waals surface area contributed by atoms with Crippen LogP contribution in [0.4, 0.5) is 13.2 Å². The Morgan fingerprint density at radius 3 is 2.68 bits per heavy atom. The van der Waals surface area contributed by atoms with Crippen molar-refractivity contribution in [1.29, 1.82) is 0 Å². The van der Waals surface area contributed by atoms with Crippen molar-refractivity contribution in [3.05, 3.63) is 29.8 Å². The minimum Gasteiger partial charge on any atom is -0.491 e. The lowest BCUT2D eigenvalue weighted by Crippen LogP contribution is -2.56. The zero-order valence-corrected chi connectivity index (χ0v) is 14.8. The number of rotatable bonds is 5. The van der Waals surface area contributed by atoms with Crippen molar-refractivity contribution in [3.63, 3.8) is 0 Å². The zero-order chi connectivity index (χ0) is 18.6. The van der Waals surface area contributed by atoms with Crippen LogP contribution in [0.3, 0.4) is 0 Å². The SMILES string of the molecule is CC(=O)N1CC(NCc2cccc(OC(C)C)c2)CCC1C(F)(F)F. The summed E-state index contributed by atoms with van der Waals surface area (Å²) in [6, 6.07) is 5.77. The second-order valence-corrected chi connectivity index (χ2v) is 6.70. The topological polar surface area (TPSA) is 41.6 Å². The number of hydrogen-bond donors (Lipinski definition) is 1. The second kappa shape index (κ2) is 8.08. The molecule has 1 aromatic rings. The third-order valence-electron chi connectivity index (χ3n) is 4.23. The summed E-state index contributed by atoms with van der Waals surface area (Å²) in [5.74, 6) is 0.224. The molecule has 0 aromatic heterocycles. The van der Waals surface area contributed by atoms with Gasteiger partial charge in [-0.1, -0.05) is 12.1 Å². The normalized spacial score (nSPS) is 21.5. The van der Waals surface area contributed by atoms with E-state index in [4.69, 9.17) is 4.74 Å². The van der Waals surface area contributed by atoms with Gasteiger partial charge in [-0.25, -0.2) is 0 Å². The summed E-state index contributed by atoms with van der Waals surface area (Å²) in [6.07, 6.45) is -3.99. The molecular formula is C18H25F3N2O2. The quantitative estimate of drug-likeness (QED) is 0.876. The molecule has 1 heterocycles. The molecule has 1 N–H and O–H groups in total. The van der Waals surface area contributed by atoms with E-state index in [-0.39, 0.29) is 25.1 Å². The third kappa shape index (κ3) is 5.63. The number of nitrogens with one attached hydrogen (secondary N) is 1. The Labute approximate surface area is 146 Å². The van der Waals surface area contributed by atoms with Gasteiger partial charge < -0.3 is 15.0 Å². The largest absolute Gasteiger partial charge is 0.491 e. The highest BCUT2D eigenvalue weighted by Gasteiger charge is 2.47. The van der Waals surface area contributed by atoms with Crippen molar-refractivity contribution in [2.24, 2.45) is 0 Å². The Morgan fingerprint density at radius 2 is 2.08 bits per heavy atom. The molecule has 7 heteroatoms. The number of likely N-dealkylation sites (tertiary alicyclic amines) is 1. The van der Waals surface area contributed by atoms with Crippen LogP contribution in [0, 0.1) is 0 Å². The lowest BCUT2D eigenvalue weighted by atomic mass is 9.97.